The lowest BCUT2D eigenvalue weighted by atomic mass is 9.47. The van der Waals surface area contributed by atoms with E-state index in [0.717, 1.165) is 54.8 Å². The second-order valence-corrected chi connectivity index (χ2v) is 14.6. The van der Waals surface area contributed by atoms with Crippen LogP contribution < -0.4 is 4.74 Å². The molecule has 0 spiro atoms. The van der Waals surface area contributed by atoms with Gasteiger partial charge in [0, 0.05) is 13.3 Å². The van der Waals surface area contributed by atoms with E-state index in [-0.39, 0.29) is 17.3 Å². The zero-order valence-electron chi connectivity index (χ0n) is 25.8. The Morgan fingerprint density at radius 1 is 0.975 bits per heavy atom. The molecule has 3 saturated carbocycles. The monoisotopic (exact) mass is 548 g/mol. The number of hydrogen-bond donors (Lipinski definition) is 0. The standard InChI is InChI=1S/C36H52O4/c1-23(2)10-9-11-24(3)30-16-17-31-28-15-14-26-22-27(18-20-35(26,5)32(28)19-21-36(30,31)6)40-34(38)29-12-7-8-13-33(29)39-25(4)37/h7-8,12-14,23-24,27-28,30-32H,9-11,15-22H2,1-6H3. The largest absolute Gasteiger partial charge is 0.458 e. The average Bonchev–Trinajstić information content (AvgIpc) is 3.26. The van der Waals surface area contributed by atoms with E-state index < -0.39 is 11.9 Å². The highest BCUT2D eigenvalue weighted by Gasteiger charge is 2.59. The van der Waals surface area contributed by atoms with Crippen LogP contribution in [0, 0.1) is 46.3 Å². The van der Waals surface area contributed by atoms with E-state index >= 15 is 0 Å². The maximum Gasteiger partial charge on any atom is 0.342 e. The first-order chi connectivity index (χ1) is 19.0. The summed E-state index contributed by atoms with van der Waals surface area (Å²) >= 11 is 0. The number of allylic oxidation sites excluding steroid dienone is 1. The molecule has 0 radical (unpaired) electrons. The molecular weight excluding hydrogens is 496 g/mol. The predicted molar refractivity (Wildman–Crippen MR) is 160 cm³/mol. The molecule has 0 N–H and O–H groups in total. The summed E-state index contributed by atoms with van der Waals surface area (Å²) in [6, 6.07) is 6.87. The lowest BCUT2D eigenvalue weighted by Gasteiger charge is -2.58. The van der Waals surface area contributed by atoms with Crippen molar-refractivity contribution in [2.45, 2.75) is 118 Å². The Morgan fingerprint density at radius 2 is 1.75 bits per heavy atom. The Hall–Kier alpha value is -2.10. The van der Waals surface area contributed by atoms with Crippen molar-refractivity contribution in [3.8, 4) is 5.75 Å². The van der Waals surface area contributed by atoms with Crippen molar-refractivity contribution >= 4 is 11.9 Å². The van der Waals surface area contributed by atoms with E-state index in [4.69, 9.17) is 9.47 Å². The predicted octanol–water partition coefficient (Wildman–Crippen LogP) is 9.18. The Morgan fingerprint density at radius 3 is 2.50 bits per heavy atom. The maximum atomic E-state index is 13.1. The van der Waals surface area contributed by atoms with Gasteiger partial charge in [-0.05, 0) is 103 Å². The van der Waals surface area contributed by atoms with E-state index in [1.165, 1.54) is 63.9 Å². The van der Waals surface area contributed by atoms with Gasteiger partial charge < -0.3 is 9.47 Å². The molecule has 0 saturated heterocycles. The van der Waals surface area contributed by atoms with E-state index in [0.29, 0.717) is 11.0 Å². The van der Waals surface area contributed by atoms with E-state index in [1.807, 2.05) is 0 Å². The molecule has 0 amide bonds. The molecule has 4 nitrogen and oxygen atoms in total. The van der Waals surface area contributed by atoms with Crippen molar-refractivity contribution in [1.29, 1.82) is 0 Å². The van der Waals surface area contributed by atoms with Gasteiger partial charge in [-0.25, -0.2) is 4.79 Å². The van der Waals surface area contributed by atoms with Gasteiger partial charge in [-0.15, -0.1) is 0 Å². The molecule has 1 aromatic rings. The van der Waals surface area contributed by atoms with Crippen LogP contribution in [0.1, 0.15) is 123 Å². The van der Waals surface area contributed by atoms with E-state index in [9.17, 15) is 9.59 Å². The summed E-state index contributed by atoms with van der Waals surface area (Å²) in [4.78, 5) is 24.6. The third-order valence-electron chi connectivity index (χ3n) is 11.9. The molecule has 4 heteroatoms. The number of ether oxygens (including phenoxy) is 2. The minimum atomic E-state index is -0.437. The fraction of sp³-hybridized carbons (Fsp3) is 0.722. The fourth-order valence-electron chi connectivity index (χ4n) is 9.85. The minimum Gasteiger partial charge on any atom is -0.458 e. The molecule has 0 bridgehead atoms. The number of benzene rings is 1. The molecule has 4 aliphatic carbocycles. The highest BCUT2D eigenvalue weighted by Crippen LogP contribution is 2.67. The molecular formula is C36H52O4. The van der Waals surface area contributed by atoms with Crippen molar-refractivity contribution < 1.29 is 19.1 Å². The van der Waals surface area contributed by atoms with Gasteiger partial charge in [0.05, 0.1) is 0 Å². The van der Waals surface area contributed by atoms with Crippen LogP contribution in [0.3, 0.4) is 0 Å². The number of para-hydroxylation sites is 1. The van der Waals surface area contributed by atoms with E-state index in [2.05, 4.69) is 40.7 Å². The molecule has 3 fully saturated rings. The molecule has 0 heterocycles. The molecule has 8 unspecified atom stereocenters. The van der Waals surface area contributed by atoms with Crippen LogP contribution >= 0.6 is 0 Å². The van der Waals surface area contributed by atoms with E-state index in [1.54, 1.807) is 24.3 Å². The van der Waals surface area contributed by atoms with Crippen molar-refractivity contribution in [1.82, 2.24) is 0 Å². The average molecular weight is 549 g/mol. The smallest absolute Gasteiger partial charge is 0.342 e. The summed E-state index contributed by atoms with van der Waals surface area (Å²) in [6.07, 6.45) is 16.2. The number of hydrogen-bond acceptors (Lipinski definition) is 4. The number of carbonyl (C=O) groups is 2. The lowest BCUT2D eigenvalue weighted by Crippen LogP contribution is -2.51. The molecule has 1 aromatic carbocycles. The first kappa shape index (κ1) is 29.4. The second kappa shape index (κ2) is 11.6. The van der Waals surface area contributed by atoms with Gasteiger partial charge in [0.1, 0.15) is 17.4 Å². The lowest BCUT2D eigenvalue weighted by molar-refractivity contribution is -0.131. The van der Waals surface area contributed by atoms with Crippen LogP contribution in [0.4, 0.5) is 0 Å². The van der Waals surface area contributed by atoms with Gasteiger partial charge in [-0.3, -0.25) is 4.79 Å². The highest BCUT2D eigenvalue weighted by atomic mass is 16.6. The van der Waals surface area contributed by atoms with Crippen molar-refractivity contribution in [3.05, 3.63) is 41.5 Å². The molecule has 40 heavy (non-hydrogen) atoms. The summed E-state index contributed by atoms with van der Waals surface area (Å²) in [5, 5.41) is 0. The second-order valence-electron chi connectivity index (χ2n) is 14.6. The summed E-state index contributed by atoms with van der Waals surface area (Å²) in [6.45, 7) is 13.8. The normalized spacial score (nSPS) is 35.7. The topological polar surface area (TPSA) is 52.6 Å². The zero-order chi connectivity index (χ0) is 28.7. The van der Waals surface area contributed by atoms with Crippen LogP contribution in [-0.4, -0.2) is 18.0 Å². The van der Waals surface area contributed by atoms with Crippen LogP contribution in [0.2, 0.25) is 0 Å². The minimum absolute atomic E-state index is 0.120. The van der Waals surface area contributed by atoms with Crippen molar-refractivity contribution in [2.24, 2.45) is 46.3 Å². The third kappa shape index (κ3) is 5.53. The number of fused-ring (bicyclic) bond motifs is 5. The molecule has 5 rings (SSSR count). The number of carbonyl (C=O) groups excluding carboxylic acids is 2. The van der Waals surface area contributed by atoms with Crippen molar-refractivity contribution in [3.63, 3.8) is 0 Å². The van der Waals surface area contributed by atoms with Gasteiger partial charge in [0.2, 0.25) is 0 Å². The fourth-order valence-corrected chi connectivity index (χ4v) is 9.85. The molecule has 0 aliphatic heterocycles. The molecule has 4 aliphatic rings. The van der Waals surface area contributed by atoms with Crippen LogP contribution in [0.25, 0.3) is 0 Å². The molecule has 0 aromatic heterocycles. The maximum absolute atomic E-state index is 13.1. The van der Waals surface area contributed by atoms with Gasteiger partial charge in [-0.1, -0.05) is 77.7 Å². The van der Waals surface area contributed by atoms with Gasteiger partial charge in [-0.2, -0.15) is 0 Å². The van der Waals surface area contributed by atoms with Gasteiger partial charge >= 0.3 is 11.9 Å². The van der Waals surface area contributed by atoms with Crippen LogP contribution in [0.5, 0.6) is 5.75 Å². The zero-order valence-corrected chi connectivity index (χ0v) is 25.8. The Bertz CT molecular complexity index is 1120. The summed E-state index contributed by atoms with van der Waals surface area (Å²) in [5.74, 6) is 4.38. The molecule has 8 atom stereocenters. The number of rotatable bonds is 8. The SMILES string of the molecule is CC(=O)Oc1ccccc1C(=O)OC1CCC2(C)C(=CCC3C2CCC2(C)C(C(C)CCCC(C)C)CCC32)C1. The molecule has 220 valence electrons. The van der Waals surface area contributed by atoms with Gasteiger partial charge in [0.15, 0.2) is 0 Å². The van der Waals surface area contributed by atoms with Crippen molar-refractivity contribution in [2.75, 3.05) is 0 Å². The first-order valence-corrected chi connectivity index (χ1v) is 16.2. The Kier molecular flexibility index (Phi) is 8.56. The Labute approximate surface area is 242 Å². The third-order valence-corrected chi connectivity index (χ3v) is 11.9. The van der Waals surface area contributed by atoms with Crippen LogP contribution in [0.15, 0.2) is 35.9 Å². The first-order valence-electron chi connectivity index (χ1n) is 16.2. The summed E-state index contributed by atoms with van der Waals surface area (Å²) in [5.41, 5.74) is 2.57. The van der Waals surface area contributed by atoms with Crippen LogP contribution in [-0.2, 0) is 9.53 Å². The number of esters is 2. The summed E-state index contributed by atoms with van der Waals surface area (Å²) in [7, 11) is 0. The quantitative estimate of drug-likeness (QED) is 0.185. The Balaban J connectivity index is 1.25. The summed E-state index contributed by atoms with van der Waals surface area (Å²) < 4.78 is 11.3. The van der Waals surface area contributed by atoms with Gasteiger partial charge in [0.25, 0.3) is 0 Å². The highest BCUT2D eigenvalue weighted by molar-refractivity contribution is 5.93.